The van der Waals surface area contributed by atoms with Gasteiger partial charge in [-0.25, -0.2) is 14.2 Å². The Hall–Kier alpha value is -3.56. The number of imidazole rings is 1. The van der Waals surface area contributed by atoms with Gasteiger partial charge in [-0.2, -0.15) is 23.1 Å². The monoisotopic (exact) mass is 494 g/mol. The summed E-state index contributed by atoms with van der Waals surface area (Å²) in [5.41, 5.74) is 0.363. The number of esters is 1. The van der Waals surface area contributed by atoms with Gasteiger partial charge in [0.2, 0.25) is 5.28 Å². The number of nitrogens with one attached hydrogen (secondary N) is 1. The molecular formula is C21H18ClF3N6O3. The summed E-state index contributed by atoms with van der Waals surface area (Å²) in [5, 5.41) is 2.66. The molecule has 1 aliphatic heterocycles. The molecule has 3 aromatic rings. The SMILES string of the molecule is CC#CCn1c(=O)n(-c2ccccc2)c2nc(Cl)nc(N3CCNCC3OC(=O)C(F)(F)F)c21. The van der Waals surface area contributed by atoms with Crippen LogP contribution in [0.2, 0.25) is 5.28 Å². The van der Waals surface area contributed by atoms with Gasteiger partial charge >= 0.3 is 17.8 Å². The maximum Gasteiger partial charge on any atom is 0.491 e. The van der Waals surface area contributed by atoms with Crippen LogP contribution in [-0.2, 0) is 16.1 Å². The van der Waals surface area contributed by atoms with Crippen LogP contribution in [0.4, 0.5) is 19.0 Å². The molecule has 1 saturated heterocycles. The number of rotatable bonds is 4. The lowest BCUT2D eigenvalue weighted by Gasteiger charge is -2.36. The number of anilines is 1. The molecule has 1 N–H and O–H groups in total. The summed E-state index contributed by atoms with van der Waals surface area (Å²) in [6.07, 6.45) is -6.52. The molecule has 0 saturated carbocycles. The summed E-state index contributed by atoms with van der Waals surface area (Å²) in [7, 11) is 0. The summed E-state index contributed by atoms with van der Waals surface area (Å²) in [5.74, 6) is 3.25. The first-order chi connectivity index (χ1) is 16.2. The molecule has 0 radical (unpaired) electrons. The third-order valence-corrected chi connectivity index (χ3v) is 5.26. The number of para-hydroxylation sites is 1. The van der Waals surface area contributed by atoms with Crippen LogP contribution in [0.5, 0.6) is 0 Å². The first kappa shape index (κ1) is 23.6. The molecule has 1 fully saturated rings. The Morgan fingerprint density at radius 3 is 2.71 bits per heavy atom. The number of nitrogens with zero attached hydrogens (tertiary/aromatic N) is 5. The molecule has 0 spiro atoms. The van der Waals surface area contributed by atoms with Gasteiger partial charge in [0, 0.05) is 13.1 Å². The predicted molar refractivity (Wildman–Crippen MR) is 118 cm³/mol. The number of alkyl halides is 3. The Balaban J connectivity index is 1.94. The highest BCUT2D eigenvalue weighted by Crippen LogP contribution is 2.30. The number of ether oxygens (including phenoxy) is 1. The van der Waals surface area contributed by atoms with Crippen LogP contribution in [-0.4, -0.2) is 57.1 Å². The molecule has 0 aliphatic carbocycles. The molecule has 2 aromatic heterocycles. The van der Waals surface area contributed by atoms with Crippen LogP contribution in [0.15, 0.2) is 35.1 Å². The topological polar surface area (TPSA) is 94.3 Å². The maximum absolute atomic E-state index is 13.4. The van der Waals surface area contributed by atoms with Crippen molar-refractivity contribution >= 4 is 34.6 Å². The van der Waals surface area contributed by atoms with E-state index in [1.54, 1.807) is 37.3 Å². The smallest absolute Gasteiger partial charge is 0.433 e. The second-order valence-electron chi connectivity index (χ2n) is 7.21. The molecular weight excluding hydrogens is 477 g/mol. The summed E-state index contributed by atoms with van der Waals surface area (Å²) < 4.78 is 46.0. The van der Waals surface area contributed by atoms with E-state index in [2.05, 4.69) is 27.1 Å². The van der Waals surface area contributed by atoms with Crippen LogP contribution in [0, 0.1) is 11.8 Å². The van der Waals surface area contributed by atoms with Crippen molar-refractivity contribution in [2.75, 3.05) is 24.5 Å². The molecule has 1 aromatic carbocycles. The first-order valence-electron chi connectivity index (χ1n) is 10.1. The Morgan fingerprint density at radius 1 is 1.29 bits per heavy atom. The van der Waals surface area contributed by atoms with E-state index in [1.807, 2.05) is 0 Å². The Kier molecular flexibility index (Phi) is 6.49. The number of carbonyl (C=O) groups excluding carboxylic acids is 1. The average molecular weight is 495 g/mol. The molecule has 0 amide bonds. The summed E-state index contributed by atoms with van der Waals surface area (Å²) >= 11 is 6.19. The number of fused-ring (bicyclic) bond motifs is 1. The van der Waals surface area contributed by atoms with Gasteiger partial charge in [0.1, 0.15) is 5.52 Å². The van der Waals surface area contributed by atoms with E-state index < -0.39 is 24.1 Å². The van der Waals surface area contributed by atoms with E-state index in [0.29, 0.717) is 12.2 Å². The molecule has 4 rings (SSSR count). The summed E-state index contributed by atoms with van der Waals surface area (Å²) in [6, 6.07) is 8.66. The Bertz CT molecular complexity index is 1340. The Labute approximate surface area is 196 Å². The summed E-state index contributed by atoms with van der Waals surface area (Å²) in [4.78, 5) is 34.8. The van der Waals surface area contributed by atoms with Gasteiger partial charge in [0.15, 0.2) is 17.7 Å². The van der Waals surface area contributed by atoms with Crippen molar-refractivity contribution in [2.45, 2.75) is 25.9 Å². The minimum atomic E-state index is -5.17. The summed E-state index contributed by atoms with van der Waals surface area (Å²) in [6.45, 7) is 1.98. The second-order valence-corrected chi connectivity index (χ2v) is 7.55. The highest BCUT2D eigenvalue weighted by molar-refractivity contribution is 6.28. The fourth-order valence-corrected chi connectivity index (χ4v) is 3.80. The van der Waals surface area contributed by atoms with Gasteiger partial charge in [0.05, 0.1) is 18.8 Å². The molecule has 1 atom stereocenters. The second kappa shape index (κ2) is 9.36. The molecule has 0 bridgehead atoms. The van der Waals surface area contributed by atoms with E-state index in [1.165, 1.54) is 14.0 Å². The van der Waals surface area contributed by atoms with E-state index in [-0.39, 0.29) is 41.9 Å². The number of aromatic nitrogens is 4. The predicted octanol–water partition coefficient (Wildman–Crippen LogP) is 2.10. The zero-order valence-electron chi connectivity index (χ0n) is 17.8. The number of benzene rings is 1. The highest BCUT2D eigenvalue weighted by atomic mass is 35.5. The highest BCUT2D eigenvalue weighted by Gasteiger charge is 2.44. The molecule has 9 nitrogen and oxygen atoms in total. The van der Waals surface area contributed by atoms with Crippen molar-refractivity contribution < 1.29 is 22.7 Å². The molecule has 178 valence electrons. The van der Waals surface area contributed by atoms with E-state index in [0.717, 1.165) is 0 Å². The normalized spacial score (nSPS) is 16.3. The van der Waals surface area contributed by atoms with Crippen molar-refractivity contribution in [1.82, 2.24) is 24.4 Å². The van der Waals surface area contributed by atoms with Gasteiger partial charge in [-0.05, 0) is 30.7 Å². The Morgan fingerprint density at radius 2 is 2.03 bits per heavy atom. The lowest BCUT2D eigenvalue weighted by Crippen LogP contribution is -2.54. The molecule has 13 heteroatoms. The van der Waals surface area contributed by atoms with Crippen LogP contribution >= 0.6 is 11.6 Å². The van der Waals surface area contributed by atoms with Gasteiger partial charge in [0.25, 0.3) is 0 Å². The van der Waals surface area contributed by atoms with Gasteiger partial charge in [-0.1, -0.05) is 24.1 Å². The number of piperazine rings is 1. The van der Waals surface area contributed by atoms with Crippen molar-refractivity contribution in [3.05, 3.63) is 46.1 Å². The third kappa shape index (κ3) is 4.44. The van der Waals surface area contributed by atoms with Crippen molar-refractivity contribution in [3.63, 3.8) is 0 Å². The lowest BCUT2D eigenvalue weighted by molar-refractivity contribution is -0.205. The van der Waals surface area contributed by atoms with Crippen molar-refractivity contribution in [2.24, 2.45) is 0 Å². The van der Waals surface area contributed by atoms with Gasteiger partial charge in [-0.3, -0.25) is 4.57 Å². The van der Waals surface area contributed by atoms with Crippen LogP contribution in [0.3, 0.4) is 0 Å². The van der Waals surface area contributed by atoms with Crippen molar-refractivity contribution in [3.8, 4) is 17.5 Å². The minimum absolute atomic E-state index is 0.0250. The van der Waals surface area contributed by atoms with Gasteiger partial charge < -0.3 is 15.0 Å². The quantitative estimate of drug-likeness (QED) is 0.337. The van der Waals surface area contributed by atoms with Crippen LogP contribution < -0.4 is 15.9 Å². The zero-order chi connectivity index (χ0) is 24.5. The van der Waals surface area contributed by atoms with E-state index >= 15 is 0 Å². The van der Waals surface area contributed by atoms with Crippen LogP contribution in [0.1, 0.15) is 6.92 Å². The molecule has 3 heterocycles. The van der Waals surface area contributed by atoms with Crippen molar-refractivity contribution in [1.29, 1.82) is 0 Å². The fraction of sp³-hybridized carbons (Fsp3) is 0.333. The van der Waals surface area contributed by atoms with E-state index in [9.17, 15) is 22.8 Å². The van der Waals surface area contributed by atoms with Crippen LogP contribution in [0.25, 0.3) is 16.9 Å². The minimum Gasteiger partial charge on any atom is -0.433 e. The number of halogens is 4. The lowest BCUT2D eigenvalue weighted by atomic mass is 10.3. The maximum atomic E-state index is 13.4. The molecule has 1 unspecified atom stereocenters. The first-order valence-corrected chi connectivity index (χ1v) is 10.5. The zero-order valence-corrected chi connectivity index (χ0v) is 18.5. The molecule has 34 heavy (non-hydrogen) atoms. The fourth-order valence-electron chi connectivity index (χ4n) is 3.64. The molecule has 1 aliphatic rings. The average Bonchev–Trinajstić information content (AvgIpc) is 3.08. The number of hydrogen-bond acceptors (Lipinski definition) is 7. The third-order valence-electron chi connectivity index (χ3n) is 5.09. The standard InChI is InChI=1S/C21H18ClF3N6O3/c1-2-3-10-30-15-16(29-11-9-26-12-14(29)34-18(32)21(23,24)25)27-19(22)28-17(15)31(20(30)33)13-7-5-4-6-8-13/h4-8,14,26H,9-12H2,1H3. The van der Waals surface area contributed by atoms with Gasteiger partial charge in [-0.15, -0.1) is 5.92 Å². The largest absolute Gasteiger partial charge is 0.491 e. The number of hydrogen-bond donors (Lipinski definition) is 1. The number of carbonyl (C=O) groups is 1. The van der Waals surface area contributed by atoms with E-state index in [4.69, 9.17) is 16.3 Å².